The molecule has 0 aliphatic heterocycles. The first-order valence-corrected chi connectivity index (χ1v) is 9.51. The van der Waals surface area contributed by atoms with E-state index in [0.717, 1.165) is 26.7 Å². The second-order valence-corrected chi connectivity index (χ2v) is 7.21. The average Bonchev–Trinajstić information content (AvgIpc) is 3.09. The highest BCUT2D eigenvalue weighted by Crippen LogP contribution is 2.32. The first kappa shape index (κ1) is 19.1. The van der Waals surface area contributed by atoms with Crippen LogP contribution in [0.1, 0.15) is 27.9 Å². The molecule has 6 heteroatoms. The number of nitrogens with one attached hydrogen (secondary N) is 1. The Hall–Kier alpha value is -2.70. The van der Waals surface area contributed by atoms with E-state index in [1.165, 1.54) is 0 Å². The number of anilines is 1. The minimum Gasteiger partial charge on any atom is -0.494 e. The zero-order chi connectivity index (χ0) is 19.2. The Morgan fingerprint density at radius 2 is 2.04 bits per heavy atom. The molecule has 3 aromatic rings. The van der Waals surface area contributed by atoms with Gasteiger partial charge in [-0.15, -0.1) is 11.3 Å². The quantitative estimate of drug-likeness (QED) is 0.630. The highest BCUT2D eigenvalue weighted by Gasteiger charge is 2.14. The Balaban J connectivity index is 1.90. The van der Waals surface area contributed by atoms with Gasteiger partial charge in [0, 0.05) is 30.1 Å². The van der Waals surface area contributed by atoms with E-state index in [1.54, 1.807) is 24.5 Å². The van der Waals surface area contributed by atoms with E-state index in [1.807, 2.05) is 56.4 Å². The second kappa shape index (κ2) is 8.79. The number of carbonyl (C=O) groups is 1. The molecule has 1 amide bonds. The van der Waals surface area contributed by atoms with Crippen molar-refractivity contribution in [1.82, 2.24) is 4.98 Å². The third-order valence-corrected chi connectivity index (χ3v) is 4.86. The van der Waals surface area contributed by atoms with Crippen molar-refractivity contribution >= 4 is 22.9 Å². The van der Waals surface area contributed by atoms with Crippen molar-refractivity contribution in [3.05, 3.63) is 64.8 Å². The molecule has 0 saturated carbocycles. The predicted molar refractivity (Wildman–Crippen MR) is 109 cm³/mol. The van der Waals surface area contributed by atoms with Crippen LogP contribution in [-0.4, -0.2) is 24.6 Å². The summed E-state index contributed by atoms with van der Waals surface area (Å²) in [6, 6.07) is 13.2. The molecule has 140 valence electrons. The molecule has 0 unspecified atom stereocenters. The summed E-state index contributed by atoms with van der Waals surface area (Å²) in [6.45, 7) is 4.82. The number of hydrogen-bond acceptors (Lipinski definition) is 5. The number of amides is 1. The van der Waals surface area contributed by atoms with E-state index < -0.39 is 0 Å². The molecule has 27 heavy (non-hydrogen) atoms. The first-order valence-electron chi connectivity index (χ1n) is 8.69. The van der Waals surface area contributed by atoms with Gasteiger partial charge in [-0.25, -0.2) is 4.98 Å². The minimum absolute atomic E-state index is 0.192. The number of rotatable bonds is 7. The Bertz CT molecular complexity index is 912. The molecule has 1 aromatic heterocycles. The van der Waals surface area contributed by atoms with Gasteiger partial charge in [0.15, 0.2) is 0 Å². The SMILES string of the molecule is CCOc1cc(COC)cc(C(=O)Nc2ccccc2-c2cnc(C)s2)c1. The van der Waals surface area contributed by atoms with Crippen molar-refractivity contribution in [1.29, 1.82) is 0 Å². The van der Waals surface area contributed by atoms with Crippen LogP contribution in [0.15, 0.2) is 48.7 Å². The number of carbonyl (C=O) groups excluding carboxylic acids is 1. The lowest BCUT2D eigenvalue weighted by Gasteiger charge is -2.12. The maximum atomic E-state index is 12.9. The summed E-state index contributed by atoms with van der Waals surface area (Å²) in [5.74, 6) is 0.464. The summed E-state index contributed by atoms with van der Waals surface area (Å²) in [7, 11) is 1.63. The molecule has 2 aromatic carbocycles. The van der Waals surface area contributed by atoms with Crippen LogP contribution in [0.25, 0.3) is 10.4 Å². The molecule has 0 radical (unpaired) electrons. The van der Waals surface area contributed by atoms with Gasteiger partial charge in [0.25, 0.3) is 5.91 Å². The fourth-order valence-electron chi connectivity index (χ4n) is 2.78. The largest absolute Gasteiger partial charge is 0.494 e. The summed E-state index contributed by atoms with van der Waals surface area (Å²) in [5, 5.41) is 4.00. The lowest BCUT2D eigenvalue weighted by molar-refractivity contribution is 0.102. The van der Waals surface area contributed by atoms with Crippen LogP contribution in [0, 0.1) is 6.92 Å². The predicted octanol–water partition coefficient (Wildman–Crippen LogP) is 4.92. The molecule has 3 rings (SSSR count). The number of para-hydroxylation sites is 1. The van der Waals surface area contributed by atoms with Crippen molar-refractivity contribution in [3.8, 4) is 16.2 Å². The molecule has 0 saturated heterocycles. The van der Waals surface area contributed by atoms with Gasteiger partial charge in [0.2, 0.25) is 0 Å². The fourth-order valence-corrected chi connectivity index (χ4v) is 3.60. The van der Waals surface area contributed by atoms with Gasteiger partial charge < -0.3 is 14.8 Å². The highest BCUT2D eigenvalue weighted by atomic mass is 32.1. The molecular formula is C21H22N2O3S. The zero-order valence-electron chi connectivity index (χ0n) is 15.6. The van der Waals surface area contributed by atoms with E-state index in [0.29, 0.717) is 24.5 Å². The van der Waals surface area contributed by atoms with Crippen molar-refractivity contribution in [2.45, 2.75) is 20.5 Å². The number of nitrogens with zero attached hydrogens (tertiary/aromatic N) is 1. The van der Waals surface area contributed by atoms with Crippen LogP contribution in [0.5, 0.6) is 5.75 Å². The van der Waals surface area contributed by atoms with Gasteiger partial charge >= 0.3 is 0 Å². The van der Waals surface area contributed by atoms with E-state index in [2.05, 4.69) is 10.3 Å². The maximum Gasteiger partial charge on any atom is 0.255 e. The van der Waals surface area contributed by atoms with Crippen molar-refractivity contribution in [3.63, 3.8) is 0 Å². The summed E-state index contributed by atoms with van der Waals surface area (Å²) in [5.41, 5.74) is 3.12. The number of aryl methyl sites for hydroxylation is 1. The van der Waals surface area contributed by atoms with Crippen LogP contribution in [-0.2, 0) is 11.3 Å². The summed E-state index contributed by atoms with van der Waals surface area (Å²) in [6.07, 6.45) is 1.83. The molecule has 5 nitrogen and oxygen atoms in total. The Kier molecular flexibility index (Phi) is 6.21. The van der Waals surface area contributed by atoms with Crippen LogP contribution in [0.2, 0.25) is 0 Å². The summed E-state index contributed by atoms with van der Waals surface area (Å²) in [4.78, 5) is 18.2. The monoisotopic (exact) mass is 382 g/mol. The minimum atomic E-state index is -0.192. The van der Waals surface area contributed by atoms with Gasteiger partial charge in [-0.1, -0.05) is 18.2 Å². The van der Waals surface area contributed by atoms with Crippen molar-refractivity contribution in [2.75, 3.05) is 19.0 Å². The number of benzene rings is 2. The first-order chi connectivity index (χ1) is 13.1. The van der Waals surface area contributed by atoms with E-state index in [4.69, 9.17) is 9.47 Å². The summed E-state index contributed by atoms with van der Waals surface area (Å²) < 4.78 is 10.8. The smallest absolute Gasteiger partial charge is 0.255 e. The lowest BCUT2D eigenvalue weighted by atomic mass is 10.1. The normalized spacial score (nSPS) is 10.6. The topological polar surface area (TPSA) is 60.5 Å². The molecular weight excluding hydrogens is 360 g/mol. The van der Waals surface area contributed by atoms with Gasteiger partial charge in [-0.05, 0) is 43.7 Å². The molecule has 0 aliphatic carbocycles. The van der Waals surface area contributed by atoms with Crippen molar-refractivity contribution in [2.24, 2.45) is 0 Å². The van der Waals surface area contributed by atoms with E-state index in [-0.39, 0.29) is 5.91 Å². The third kappa shape index (κ3) is 4.72. The molecule has 0 bridgehead atoms. The maximum absolute atomic E-state index is 12.9. The molecule has 0 atom stereocenters. The Morgan fingerprint density at radius 3 is 2.74 bits per heavy atom. The molecule has 0 fully saturated rings. The van der Waals surface area contributed by atoms with Crippen molar-refractivity contribution < 1.29 is 14.3 Å². The summed E-state index contributed by atoms with van der Waals surface area (Å²) >= 11 is 1.60. The number of methoxy groups -OCH3 is 1. The molecule has 1 N–H and O–H groups in total. The average molecular weight is 382 g/mol. The Morgan fingerprint density at radius 1 is 1.22 bits per heavy atom. The third-order valence-electron chi connectivity index (χ3n) is 3.91. The van der Waals surface area contributed by atoms with Crippen LogP contribution in [0.3, 0.4) is 0 Å². The van der Waals surface area contributed by atoms with Gasteiger partial charge in [-0.2, -0.15) is 0 Å². The number of hydrogen-bond donors (Lipinski definition) is 1. The van der Waals surface area contributed by atoms with E-state index in [9.17, 15) is 4.79 Å². The van der Waals surface area contributed by atoms with Crippen LogP contribution >= 0.6 is 11.3 Å². The second-order valence-electron chi connectivity index (χ2n) is 5.97. The zero-order valence-corrected chi connectivity index (χ0v) is 16.4. The van der Waals surface area contributed by atoms with Gasteiger partial charge in [-0.3, -0.25) is 4.79 Å². The van der Waals surface area contributed by atoms with Crippen LogP contribution < -0.4 is 10.1 Å². The lowest BCUT2D eigenvalue weighted by Crippen LogP contribution is -2.13. The number of ether oxygens (including phenoxy) is 2. The standard InChI is InChI=1S/C21H22N2O3S/c1-4-26-17-10-15(13-25-3)9-16(11-17)21(24)23-19-8-6-5-7-18(19)20-12-22-14(2)27-20/h5-12H,4,13H2,1-3H3,(H,23,24). The highest BCUT2D eigenvalue weighted by molar-refractivity contribution is 7.15. The van der Waals surface area contributed by atoms with Gasteiger partial charge in [0.1, 0.15) is 5.75 Å². The molecule has 1 heterocycles. The number of thiazole rings is 1. The van der Waals surface area contributed by atoms with Gasteiger partial charge in [0.05, 0.1) is 23.1 Å². The van der Waals surface area contributed by atoms with E-state index >= 15 is 0 Å². The molecule has 0 spiro atoms. The number of aromatic nitrogens is 1. The Labute approximate surface area is 163 Å². The van der Waals surface area contributed by atoms with Crippen LogP contribution in [0.4, 0.5) is 5.69 Å². The fraction of sp³-hybridized carbons (Fsp3) is 0.238. The molecule has 0 aliphatic rings.